The lowest BCUT2D eigenvalue weighted by Crippen LogP contribution is -2.43. The number of nitrogens with zero attached hydrogens (tertiary/aromatic N) is 1. The maximum Gasteiger partial charge on any atom is 0.415 e. The first-order chi connectivity index (χ1) is 11.6. The minimum atomic E-state index is -0.895. The lowest BCUT2D eigenvalue weighted by atomic mass is 9.82. The van der Waals surface area contributed by atoms with Crippen molar-refractivity contribution in [1.82, 2.24) is 4.90 Å². The molecule has 1 aliphatic heterocycles. The van der Waals surface area contributed by atoms with Gasteiger partial charge in [-0.15, -0.1) is 0 Å². The Bertz CT molecular complexity index is 708. The van der Waals surface area contributed by atoms with Crippen LogP contribution < -0.4 is 9.47 Å². The van der Waals surface area contributed by atoms with Gasteiger partial charge in [-0.25, -0.2) is 9.18 Å². The summed E-state index contributed by atoms with van der Waals surface area (Å²) >= 11 is 6.23. The Morgan fingerprint density at radius 2 is 1.84 bits per heavy atom. The number of benzene rings is 1. The number of carbonyl (C=O) groups is 2. The van der Waals surface area contributed by atoms with Crippen molar-refractivity contribution in [1.29, 1.82) is 0 Å². The number of ketones is 1. The molecule has 1 aromatic rings. The number of carbonyl (C=O) groups excluding carboxylic acids is 2. The lowest BCUT2D eigenvalue weighted by Gasteiger charge is -2.31. The van der Waals surface area contributed by atoms with Crippen LogP contribution in [0.4, 0.5) is 9.18 Å². The molecule has 0 saturated carbocycles. The Morgan fingerprint density at radius 1 is 1.24 bits per heavy atom. The van der Waals surface area contributed by atoms with Gasteiger partial charge in [0.2, 0.25) is 5.75 Å². The van der Waals surface area contributed by atoms with Crippen LogP contribution >= 0.6 is 11.6 Å². The van der Waals surface area contributed by atoms with E-state index >= 15 is 0 Å². The molecule has 138 valence electrons. The average molecular weight is 372 g/mol. The van der Waals surface area contributed by atoms with Crippen molar-refractivity contribution in [2.45, 2.75) is 46.5 Å². The minimum Gasteiger partial charge on any atom is -0.489 e. The number of hydrogen-bond donors (Lipinski definition) is 0. The molecule has 2 rings (SSSR count). The summed E-state index contributed by atoms with van der Waals surface area (Å²) in [6, 6.07) is 0. The SMILES string of the molecule is CCOc1c(OC(=O)N2CCC2)c(F)c(Cl)c(C(C)(C)C)c1C(C)=O. The second-order valence-corrected chi connectivity index (χ2v) is 7.36. The molecule has 25 heavy (non-hydrogen) atoms. The molecule has 1 aliphatic rings. The van der Waals surface area contributed by atoms with Crippen molar-refractivity contribution in [3.8, 4) is 11.5 Å². The van der Waals surface area contributed by atoms with Gasteiger partial charge in [-0.05, 0) is 31.2 Å². The van der Waals surface area contributed by atoms with E-state index in [-0.39, 0.29) is 28.7 Å². The molecule has 5 nitrogen and oxygen atoms in total. The Hall–Kier alpha value is -1.82. The molecule has 0 aliphatic carbocycles. The molecule has 0 bridgehead atoms. The Morgan fingerprint density at radius 3 is 2.24 bits per heavy atom. The molecule has 1 aromatic carbocycles. The maximum atomic E-state index is 14.9. The van der Waals surface area contributed by atoms with E-state index in [9.17, 15) is 14.0 Å². The van der Waals surface area contributed by atoms with E-state index in [0.29, 0.717) is 18.7 Å². The molecular weight excluding hydrogens is 349 g/mol. The summed E-state index contributed by atoms with van der Waals surface area (Å²) in [5.74, 6) is -1.73. The molecular formula is C18H23ClFNO4. The number of halogens is 2. The molecule has 0 spiro atoms. The molecule has 1 fully saturated rings. The zero-order chi connectivity index (χ0) is 18.9. The summed E-state index contributed by atoms with van der Waals surface area (Å²) < 4.78 is 25.7. The first-order valence-electron chi connectivity index (χ1n) is 8.25. The molecule has 0 aromatic heterocycles. The second kappa shape index (κ2) is 7.20. The molecule has 0 atom stereocenters. The van der Waals surface area contributed by atoms with Gasteiger partial charge in [-0.1, -0.05) is 32.4 Å². The predicted octanol–water partition coefficient (Wildman–Crippen LogP) is 4.58. The van der Waals surface area contributed by atoms with Crippen LogP contribution in [-0.4, -0.2) is 36.5 Å². The Balaban J connectivity index is 2.69. The van der Waals surface area contributed by atoms with Crippen molar-refractivity contribution in [2.75, 3.05) is 19.7 Å². The monoisotopic (exact) mass is 371 g/mol. The number of likely N-dealkylation sites (tertiary alicyclic amines) is 1. The van der Waals surface area contributed by atoms with Crippen molar-refractivity contribution < 1.29 is 23.5 Å². The van der Waals surface area contributed by atoms with Crippen molar-refractivity contribution >= 4 is 23.5 Å². The van der Waals surface area contributed by atoms with Gasteiger partial charge in [-0.2, -0.15) is 0 Å². The third-order valence-electron chi connectivity index (χ3n) is 3.99. The highest BCUT2D eigenvalue weighted by Crippen LogP contribution is 2.46. The van der Waals surface area contributed by atoms with Gasteiger partial charge < -0.3 is 14.4 Å². The number of Topliss-reactive ketones (excluding diaryl/α,β-unsaturated/α-hetero) is 1. The fourth-order valence-electron chi connectivity index (χ4n) is 2.71. The van der Waals surface area contributed by atoms with Crippen molar-refractivity contribution in [3.63, 3.8) is 0 Å². The molecule has 0 N–H and O–H groups in total. The van der Waals surface area contributed by atoms with Crippen LogP contribution in [0.5, 0.6) is 11.5 Å². The Labute approximate surface area is 152 Å². The molecule has 0 radical (unpaired) electrons. The molecule has 7 heteroatoms. The summed E-state index contributed by atoms with van der Waals surface area (Å²) in [7, 11) is 0. The first kappa shape index (κ1) is 19.5. The largest absolute Gasteiger partial charge is 0.489 e. The van der Waals surface area contributed by atoms with E-state index in [4.69, 9.17) is 21.1 Å². The van der Waals surface area contributed by atoms with Gasteiger partial charge in [-0.3, -0.25) is 4.79 Å². The highest BCUT2D eigenvalue weighted by Gasteiger charge is 2.35. The summed E-state index contributed by atoms with van der Waals surface area (Å²) in [5.41, 5.74) is -0.122. The van der Waals surface area contributed by atoms with Crippen LogP contribution in [0.3, 0.4) is 0 Å². The number of ether oxygens (including phenoxy) is 2. The minimum absolute atomic E-state index is 0.0734. The van der Waals surface area contributed by atoms with E-state index in [2.05, 4.69) is 0 Å². The number of rotatable bonds is 4. The quantitative estimate of drug-likeness (QED) is 0.727. The fraction of sp³-hybridized carbons (Fsp3) is 0.556. The van der Waals surface area contributed by atoms with Crippen molar-refractivity contribution in [3.05, 3.63) is 22.0 Å². The van der Waals surface area contributed by atoms with Gasteiger partial charge in [0.05, 0.1) is 17.2 Å². The van der Waals surface area contributed by atoms with E-state index in [1.807, 2.05) is 20.8 Å². The van der Waals surface area contributed by atoms with Crippen LogP contribution in [0.25, 0.3) is 0 Å². The van der Waals surface area contributed by atoms with Crippen molar-refractivity contribution in [2.24, 2.45) is 0 Å². The number of amides is 1. The van der Waals surface area contributed by atoms with Gasteiger partial charge in [0, 0.05) is 13.1 Å². The summed E-state index contributed by atoms with van der Waals surface area (Å²) in [6.45, 7) is 9.80. The lowest BCUT2D eigenvalue weighted by molar-refractivity contribution is 0.100. The second-order valence-electron chi connectivity index (χ2n) is 6.98. The highest BCUT2D eigenvalue weighted by molar-refractivity contribution is 6.32. The third kappa shape index (κ3) is 3.73. The standard InChI is InChI=1S/C18H23ClFNO4/c1-6-24-15-11(10(2)22)12(18(3,4)5)13(19)14(20)16(15)25-17(23)21-8-7-9-21/h6-9H2,1-5H3. The fourth-order valence-corrected chi connectivity index (χ4v) is 3.17. The van der Waals surface area contributed by atoms with Gasteiger partial charge >= 0.3 is 6.09 Å². The van der Waals surface area contributed by atoms with E-state index in [0.717, 1.165) is 6.42 Å². The molecule has 1 heterocycles. The van der Waals surface area contributed by atoms with Crippen LogP contribution in [-0.2, 0) is 5.41 Å². The summed E-state index contributed by atoms with van der Waals surface area (Å²) in [5, 5.41) is -0.229. The smallest absolute Gasteiger partial charge is 0.415 e. The highest BCUT2D eigenvalue weighted by atomic mass is 35.5. The third-order valence-corrected chi connectivity index (χ3v) is 4.34. The molecule has 1 amide bonds. The topological polar surface area (TPSA) is 55.8 Å². The van der Waals surface area contributed by atoms with Crippen LogP contribution in [0.15, 0.2) is 0 Å². The van der Waals surface area contributed by atoms with Crippen LogP contribution in [0.2, 0.25) is 5.02 Å². The van der Waals surface area contributed by atoms with E-state index in [1.54, 1.807) is 6.92 Å². The number of hydrogen-bond acceptors (Lipinski definition) is 4. The van der Waals surface area contributed by atoms with Crippen LogP contribution in [0.1, 0.15) is 57.0 Å². The normalized spacial score (nSPS) is 14.1. The zero-order valence-electron chi connectivity index (χ0n) is 15.2. The predicted molar refractivity (Wildman–Crippen MR) is 93.5 cm³/mol. The van der Waals surface area contributed by atoms with Gasteiger partial charge in [0.1, 0.15) is 0 Å². The summed E-state index contributed by atoms with van der Waals surface area (Å²) in [6.07, 6.45) is 0.193. The Kier molecular flexibility index (Phi) is 5.62. The van der Waals surface area contributed by atoms with E-state index in [1.165, 1.54) is 11.8 Å². The maximum absolute atomic E-state index is 14.9. The summed E-state index contributed by atoms with van der Waals surface area (Å²) in [4.78, 5) is 25.9. The molecule has 0 unspecified atom stereocenters. The molecule has 1 saturated heterocycles. The average Bonchev–Trinajstić information content (AvgIpc) is 2.42. The van der Waals surface area contributed by atoms with Gasteiger partial charge in [0.25, 0.3) is 0 Å². The van der Waals surface area contributed by atoms with Gasteiger partial charge in [0.15, 0.2) is 17.3 Å². The van der Waals surface area contributed by atoms with Crippen LogP contribution in [0, 0.1) is 5.82 Å². The van der Waals surface area contributed by atoms with E-state index < -0.39 is 23.1 Å². The first-order valence-corrected chi connectivity index (χ1v) is 8.63. The zero-order valence-corrected chi connectivity index (χ0v) is 15.9.